The number of morpholine rings is 1. The predicted molar refractivity (Wildman–Crippen MR) is 126 cm³/mol. The third kappa shape index (κ3) is 4.28. The zero-order chi connectivity index (χ0) is 24.2. The zero-order valence-electron chi connectivity index (χ0n) is 19.6. The number of fused-ring (bicyclic) bond motifs is 2. The van der Waals surface area contributed by atoms with Crippen LogP contribution in [0.2, 0.25) is 0 Å². The molecule has 3 aliphatic heterocycles. The number of ether oxygens (including phenoxy) is 1. The molecule has 1 aromatic carbocycles. The minimum Gasteiger partial charge on any atom is -0.370 e. The molecule has 3 aliphatic rings. The first kappa shape index (κ1) is 22.8. The van der Waals surface area contributed by atoms with Crippen molar-refractivity contribution >= 4 is 16.6 Å². The number of likely N-dealkylation sites (tertiary alicyclic amines) is 1. The highest BCUT2D eigenvalue weighted by Crippen LogP contribution is 2.38. The van der Waals surface area contributed by atoms with Crippen LogP contribution in [0, 0.1) is 0 Å². The highest BCUT2D eigenvalue weighted by Gasteiger charge is 2.44. The number of alkyl halides is 3. The molecule has 2 fully saturated rings. The van der Waals surface area contributed by atoms with Crippen LogP contribution in [0.15, 0.2) is 36.5 Å². The molecular weight excluding hydrogens is 457 g/mol. The average molecular weight is 487 g/mol. The van der Waals surface area contributed by atoms with E-state index in [2.05, 4.69) is 44.3 Å². The van der Waals surface area contributed by atoms with Crippen LogP contribution < -0.4 is 10.2 Å². The smallest absolute Gasteiger partial charge is 0.370 e. The van der Waals surface area contributed by atoms with Crippen molar-refractivity contribution in [2.24, 2.45) is 0 Å². The molecule has 0 amide bonds. The molecule has 0 radical (unpaired) electrons. The van der Waals surface area contributed by atoms with E-state index in [1.165, 1.54) is 4.68 Å². The van der Waals surface area contributed by atoms with Gasteiger partial charge in [0.1, 0.15) is 5.69 Å². The largest absolute Gasteiger partial charge is 0.433 e. The van der Waals surface area contributed by atoms with Crippen LogP contribution in [0.4, 0.5) is 18.9 Å². The van der Waals surface area contributed by atoms with E-state index >= 15 is 0 Å². The van der Waals surface area contributed by atoms with Gasteiger partial charge in [-0.1, -0.05) is 6.07 Å². The van der Waals surface area contributed by atoms with Crippen LogP contribution in [-0.2, 0) is 23.9 Å². The van der Waals surface area contributed by atoms with E-state index in [4.69, 9.17) is 4.74 Å². The van der Waals surface area contributed by atoms with Crippen molar-refractivity contribution in [3.63, 3.8) is 0 Å². The lowest BCUT2D eigenvalue weighted by Gasteiger charge is -2.45. The Kier molecular flexibility index (Phi) is 5.69. The summed E-state index contributed by atoms with van der Waals surface area (Å²) in [4.78, 5) is 8.99. The summed E-state index contributed by atoms with van der Waals surface area (Å²) in [6, 6.07) is 9.93. The second kappa shape index (κ2) is 8.76. The van der Waals surface area contributed by atoms with E-state index in [0.29, 0.717) is 50.4 Å². The average Bonchev–Trinajstić information content (AvgIpc) is 3.20. The van der Waals surface area contributed by atoms with Crippen LogP contribution in [-0.4, -0.2) is 71.1 Å². The summed E-state index contributed by atoms with van der Waals surface area (Å²) in [6.45, 7) is 6.31. The van der Waals surface area contributed by atoms with Gasteiger partial charge < -0.3 is 15.0 Å². The van der Waals surface area contributed by atoms with Gasteiger partial charge in [-0.15, -0.1) is 0 Å². The van der Waals surface area contributed by atoms with Gasteiger partial charge in [-0.25, -0.2) is 0 Å². The zero-order valence-corrected chi connectivity index (χ0v) is 19.6. The second-order valence-electron chi connectivity index (χ2n) is 9.84. The van der Waals surface area contributed by atoms with E-state index < -0.39 is 11.9 Å². The van der Waals surface area contributed by atoms with Crippen LogP contribution in [0.3, 0.4) is 0 Å². The summed E-state index contributed by atoms with van der Waals surface area (Å²) in [5.41, 5.74) is 2.44. The molecule has 10 heteroatoms. The van der Waals surface area contributed by atoms with Gasteiger partial charge in [-0.05, 0) is 44.2 Å². The van der Waals surface area contributed by atoms with Gasteiger partial charge in [-0.3, -0.25) is 14.6 Å². The molecule has 3 aromatic rings. The minimum atomic E-state index is -4.39. The number of benzene rings is 1. The van der Waals surface area contributed by atoms with E-state index in [-0.39, 0.29) is 18.2 Å². The Bertz CT molecular complexity index is 1220. The van der Waals surface area contributed by atoms with E-state index in [9.17, 15) is 13.2 Å². The standard InChI is InChI=1S/C25H29F3N6O/c1-16-11-33(23-6-2-5-21-19(23)4-3-8-30-21)15-18(35-16)14-32-12-17(13-32)34-24(25(26,27)28)20-7-9-29-10-22(20)31-34/h2-6,8,16-18,29H,7,9-15H2,1H3/t16-,18+/m1/s1. The van der Waals surface area contributed by atoms with Gasteiger partial charge in [0.05, 0.1) is 29.5 Å². The Morgan fingerprint density at radius 2 is 1.97 bits per heavy atom. The molecule has 186 valence electrons. The molecule has 1 N–H and O–H groups in total. The summed E-state index contributed by atoms with van der Waals surface area (Å²) < 4.78 is 49.2. The molecule has 5 heterocycles. The fourth-order valence-corrected chi connectivity index (χ4v) is 5.75. The molecule has 0 saturated carbocycles. The van der Waals surface area contributed by atoms with Crippen molar-refractivity contribution in [3.05, 3.63) is 53.5 Å². The van der Waals surface area contributed by atoms with Crippen molar-refractivity contribution in [1.82, 2.24) is 25.0 Å². The maximum absolute atomic E-state index is 13.9. The molecule has 35 heavy (non-hydrogen) atoms. The van der Waals surface area contributed by atoms with Crippen molar-refractivity contribution in [1.29, 1.82) is 0 Å². The number of hydrogen-bond acceptors (Lipinski definition) is 6. The maximum Gasteiger partial charge on any atom is 0.433 e. The van der Waals surface area contributed by atoms with E-state index in [0.717, 1.165) is 29.7 Å². The molecule has 2 aromatic heterocycles. The maximum atomic E-state index is 13.9. The fraction of sp³-hybridized carbons (Fsp3) is 0.520. The van der Waals surface area contributed by atoms with Crippen molar-refractivity contribution in [2.45, 2.75) is 44.3 Å². The molecule has 7 nitrogen and oxygen atoms in total. The Labute approximate surface area is 201 Å². The topological polar surface area (TPSA) is 58.5 Å². The first-order valence-corrected chi connectivity index (χ1v) is 12.2. The summed E-state index contributed by atoms with van der Waals surface area (Å²) in [6.07, 6.45) is -2.20. The van der Waals surface area contributed by atoms with Crippen molar-refractivity contribution in [3.8, 4) is 0 Å². The Hall–Kier alpha value is -2.69. The third-order valence-corrected chi connectivity index (χ3v) is 7.24. The van der Waals surface area contributed by atoms with Gasteiger partial charge in [0.2, 0.25) is 0 Å². The Morgan fingerprint density at radius 3 is 2.80 bits per heavy atom. The molecule has 2 saturated heterocycles. The second-order valence-corrected chi connectivity index (χ2v) is 9.84. The van der Waals surface area contributed by atoms with Gasteiger partial charge in [0.15, 0.2) is 0 Å². The lowest BCUT2D eigenvalue weighted by molar-refractivity contribution is -0.147. The van der Waals surface area contributed by atoms with Gasteiger partial charge in [0.25, 0.3) is 0 Å². The number of nitrogens with zero attached hydrogens (tertiary/aromatic N) is 5. The molecule has 6 rings (SSSR count). The molecule has 0 bridgehead atoms. The summed E-state index contributed by atoms with van der Waals surface area (Å²) in [7, 11) is 0. The first-order chi connectivity index (χ1) is 16.9. The third-order valence-electron chi connectivity index (χ3n) is 7.24. The van der Waals surface area contributed by atoms with Crippen LogP contribution in [0.1, 0.15) is 29.9 Å². The first-order valence-electron chi connectivity index (χ1n) is 12.2. The lowest BCUT2D eigenvalue weighted by Crippen LogP contribution is -2.56. The van der Waals surface area contributed by atoms with Crippen LogP contribution >= 0.6 is 0 Å². The van der Waals surface area contributed by atoms with Gasteiger partial charge in [-0.2, -0.15) is 18.3 Å². The van der Waals surface area contributed by atoms with Crippen molar-refractivity contribution in [2.75, 3.05) is 44.2 Å². The number of rotatable bonds is 4. The minimum absolute atomic E-state index is 0.0243. The van der Waals surface area contributed by atoms with Gasteiger partial charge in [0, 0.05) is 62.1 Å². The molecule has 0 aliphatic carbocycles. The highest BCUT2D eigenvalue weighted by molar-refractivity contribution is 5.91. The number of anilines is 1. The monoisotopic (exact) mass is 486 g/mol. The van der Waals surface area contributed by atoms with E-state index in [1.807, 2.05) is 18.2 Å². The number of pyridine rings is 1. The quantitative estimate of drug-likeness (QED) is 0.611. The SMILES string of the molecule is C[C@@H]1CN(c2cccc3ncccc23)C[C@H](CN2CC(n3nc4c(c3C(F)(F)F)CCNC4)C2)O1. The summed E-state index contributed by atoms with van der Waals surface area (Å²) in [5, 5.41) is 8.61. The molecule has 2 atom stereocenters. The summed E-state index contributed by atoms with van der Waals surface area (Å²) in [5.74, 6) is 0. The molecule has 0 spiro atoms. The van der Waals surface area contributed by atoms with Gasteiger partial charge >= 0.3 is 6.18 Å². The van der Waals surface area contributed by atoms with E-state index in [1.54, 1.807) is 6.20 Å². The number of halogens is 3. The lowest BCUT2D eigenvalue weighted by atomic mass is 10.0. The number of nitrogens with one attached hydrogen (secondary N) is 1. The van der Waals surface area contributed by atoms with Crippen LogP contribution in [0.5, 0.6) is 0 Å². The highest BCUT2D eigenvalue weighted by atomic mass is 19.4. The Balaban J connectivity index is 1.15. The Morgan fingerprint density at radius 1 is 1.11 bits per heavy atom. The fourth-order valence-electron chi connectivity index (χ4n) is 5.75. The number of aromatic nitrogens is 3. The predicted octanol–water partition coefficient (Wildman–Crippen LogP) is 3.25. The van der Waals surface area contributed by atoms with Crippen LogP contribution in [0.25, 0.3) is 10.9 Å². The molecule has 0 unspecified atom stereocenters. The normalized spacial score (nSPS) is 23.9. The number of hydrogen-bond donors (Lipinski definition) is 1. The summed E-state index contributed by atoms with van der Waals surface area (Å²) >= 11 is 0. The van der Waals surface area contributed by atoms with Crippen molar-refractivity contribution < 1.29 is 17.9 Å². The molecular formula is C25H29F3N6O.